The number of pyridine rings is 1. The number of aliphatic hydroxyl groups excluding tert-OH is 1. The highest BCUT2D eigenvalue weighted by Gasteiger charge is 2.47. The van der Waals surface area contributed by atoms with Crippen LogP contribution in [-0.2, 0) is 14.4 Å². The number of amides is 2. The van der Waals surface area contributed by atoms with Gasteiger partial charge in [0.25, 0.3) is 11.7 Å². The zero-order chi connectivity index (χ0) is 23.7. The third kappa shape index (κ3) is 4.29. The molecule has 2 amide bonds. The van der Waals surface area contributed by atoms with E-state index in [-0.39, 0.29) is 17.2 Å². The monoisotopic (exact) mass is 505 g/mol. The third-order valence-corrected chi connectivity index (χ3v) is 6.20. The maximum atomic E-state index is 13.1. The van der Waals surface area contributed by atoms with Gasteiger partial charge in [-0.15, -0.1) is 0 Å². The average molecular weight is 506 g/mol. The van der Waals surface area contributed by atoms with Crippen molar-refractivity contribution in [2.24, 2.45) is 0 Å². The lowest BCUT2D eigenvalue weighted by atomic mass is 9.97. The van der Waals surface area contributed by atoms with Crippen LogP contribution in [0.5, 0.6) is 0 Å². The van der Waals surface area contributed by atoms with Gasteiger partial charge in [0.05, 0.1) is 11.3 Å². The van der Waals surface area contributed by atoms with Crippen LogP contribution in [0.2, 0.25) is 0 Å². The Morgan fingerprint density at radius 3 is 2.42 bits per heavy atom. The van der Waals surface area contributed by atoms with Gasteiger partial charge in [-0.25, -0.2) is 0 Å². The Morgan fingerprint density at radius 2 is 1.82 bits per heavy atom. The first-order valence-electron chi connectivity index (χ1n) is 10.1. The van der Waals surface area contributed by atoms with Crippen LogP contribution in [0, 0.1) is 6.92 Å². The van der Waals surface area contributed by atoms with Gasteiger partial charge in [-0.1, -0.05) is 28.1 Å². The second-order valence-electron chi connectivity index (χ2n) is 7.62. The highest BCUT2D eigenvalue weighted by Crippen LogP contribution is 2.41. The maximum absolute atomic E-state index is 13.1. The van der Waals surface area contributed by atoms with Gasteiger partial charge in [-0.2, -0.15) is 0 Å². The van der Waals surface area contributed by atoms with Crippen LogP contribution in [-0.4, -0.2) is 27.7 Å². The fourth-order valence-electron chi connectivity index (χ4n) is 3.77. The fourth-order valence-corrected chi connectivity index (χ4v) is 4.02. The van der Waals surface area contributed by atoms with Gasteiger partial charge in [0.2, 0.25) is 5.91 Å². The Hall–Kier alpha value is -3.78. The fraction of sp³-hybridized carbons (Fsp3) is 0.120. The third-order valence-electron chi connectivity index (χ3n) is 5.31. The molecular weight excluding hydrogens is 486 g/mol. The first-order chi connectivity index (χ1) is 15.8. The zero-order valence-corrected chi connectivity index (χ0v) is 19.5. The Balaban J connectivity index is 1.87. The molecule has 0 saturated carbocycles. The van der Waals surface area contributed by atoms with Crippen molar-refractivity contribution in [1.29, 1.82) is 0 Å². The molecule has 1 unspecified atom stereocenters. The number of carbonyl (C=O) groups excluding carboxylic acids is 3. The summed E-state index contributed by atoms with van der Waals surface area (Å²) in [7, 11) is 0. The number of rotatable bonds is 4. The largest absolute Gasteiger partial charge is 0.507 e. The quantitative estimate of drug-likeness (QED) is 0.303. The molecule has 2 heterocycles. The van der Waals surface area contributed by atoms with E-state index in [4.69, 9.17) is 0 Å². The summed E-state index contributed by atoms with van der Waals surface area (Å²) >= 11 is 3.43. The minimum Gasteiger partial charge on any atom is -0.507 e. The van der Waals surface area contributed by atoms with Crippen LogP contribution in [0.15, 0.2) is 76.9 Å². The number of ketones is 1. The number of aryl methyl sites for hydroxylation is 1. The predicted octanol–water partition coefficient (Wildman–Crippen LogP) is 4.74. The van der Waals surface area contributed by atoms with Crippen molar-refractivity contribution in [3.8, 4) is 0 Å². The van der Waals surface area contributed by atoms with E-state index in [1.54, 1.807) is 66.9 Å². The summed E-state index contributed by atoms with van der Waals surface area (Å²) in [4.78, 5) is 43.3. The number of nitrogens with one attached hydrogen (secondary N) is 1. The Kier molecular flexibility index (Phi) is 6.11. The predicted molar refractivity (Wildman–Crippen MR) is 129 cm³/mol. The Bertz CT molecular complexity index is 1290. The number of anilines is 2. The topological polar surface area (TPSA) is 99.6 Å². The van der Waals surface area contributed by atoms with E-state index in [1.807, 2.05) is 6.92 Å². The number of aromatic nitrogens is 1. The minimum atomic E-state index is -0.915. The van der Waals surface area contributed by atoms with Gasteiger partial charge in [0.1, 0.15) is 11.8 Å². The lowest BCUT2D eigenvalue weighted by Crippen LogP contribution is -2.29. The molecule has 1 saturated heterocycles. The van der Waals surface area contributed by atoms with Crippen molar-refractivity contribution in [1.82, 2.24) is 4.98 Å². The molecule has 33 heavy (non-hydrogen) atoms. The Morgan fingerprint density at radius 1 is 1.09 bits per heavy atom. The molecule has 7 nitrogen and oxygen atoms in total. The standard InChI is InChI=1S/C25H20BrN3O4/c1-14-13-16(6-11-19(14)26)23(31)21-22(20-5-3-4-12-27-20)29(25(33)24(21)32)18-9-7-17(8-10-18)28-15(2)30/h3-13,22,31H,1-2H3,(H,28,30)/b23-21-. The van der Waals surface area contributed by atoms with E-state index in [1.165, 1.54) is 11.8 Å². The van der Waals surface area contributed by atoms with Gasteiger partial charge in [-0.05, 0) is 61.0 Å². The highest BCUT2D eigenvalue weighted by molar-refractivity contribution is 9.10. The molecule has 166 valence electrons. The van der Waals surface area contributed by atoms with Gasteiger partial charge >= 0.3 is 0 Å². The lowest BCUT2D eigenvalue weighted by Gasteiger charge is -2.24. The van der Waals surface area contributed by atoms with Crippen molar-refractivity contribution < 1.29 is 19.5 Å². The summed E-state index contributed by atoms with van der Waals surface area (Å²) in [5, 5.41) is 13.8. The van der Waals surface area contributed by atoms with Gasteiger partial charge in [-0.3, -0.25) is 24.3 Å². The molecule has 1 aliphatic heterocycles. The van der Waals surface area contributed by atoms with Crippen LogP contribution in [0.4, 0.5) is 11.4 Å². The van der Waals surface area contributed by atoms with E-state index in [0.29, 0.717) is 22.6 Å². The van der Waals surface area contributed by atoms with E-state index < -0.39 is 17.7 Å². The summed E-state index contributed by atoms with van der Waals surface area (Å²) < 4.78 is 0.861. The summed E-state index contributed by atoms with van der Waals surface area (Å²) in [6.45, 7) is 3.27. The van der Waals surface area contributed by atoms with E-state index in [2.05, 4.69) is 26.2 Å². The average Bonchev–Trinajstić information content (AvgIpc) is 3.06. The zero-order valence-electron chi connectivity index (χ0n) is 17.9. The van der Waals surface area contributed by atoms with Gasteiger partial charge in [0, 0.05) is 34.5 Å². The molecule has 0 bridgehead atoms. The smallest absolute Gasteiger partial charge is 0.300 e. The second-order valence-corrected chi connectivity index (χ2v) is 8.47. The molecule has 2 aromatic carbocycles. The van der Waals surface area contributed by atoms with Crippen LogP contribution in [0.3, 0.4) is 0 Å². The number of hydrogen-bond donors (Lipinski definition) is 2. The minimum absolute atomic E-state index is 0.0358. The van der Waals surface area contributed by atoms with Crippen molar-refractivity contribution in [3.05, 3.63) is 93.7 Å². The van der Waals surface area contributed by atoms with Crippen molar-refractivity contribution in [3.63, 3.8) is 0 Å². The molecule has 1 fully saturated rings. The molecule has 0 spiro atoms. The maximum Gasteiger partial charge on any atom is 0.300 e. The molecule has 8 heteroatoms. The number of carbonyl (C=O) groups is 3. The first kappa shape index (κ1) is 22.4. The Labute approximate surface area is 198 Å². The summed E-state index contributed by atoms with van der Waals surface area (Å²) in [5.74, 6) is -2.05. The van der Waals surface area contributed by atoms with Gasteiger partial charge in [0.15, 0.2) is 0 Å². The SMILES string of the molecule is CC(=O)Nc1ccc(N2C(=O)C(=O)/C(=C(\O)c3ccc(Br)c(C)c3)C2c2ccccn2)cc1. The van der Waals surface area contributed by atoms with Gasteiger partial charge < -0.3 is 10.4 Å². The van der Waals surface area contributed by atoms with Crippen LogP contribution in [0.1, 0.15) is 29.8 Å². The van der Waals surface area contributed by atoms with E-state index in [9.17, 15) is 19.5 Å². The van der Waals surface area contributed by atoms with Crippen LogP contribution in [0.25, 0.3) is 5.76 Å². The summed E-state index contributed by atoms with van der Waals surface area (Å²) in [6, 6.07) is 16.0. The number of aliphatic hydroxyl groups is 1. The van der Waals surface area contributed by atoms with E-state index in [0.717, 1.165) is 10.0 Å². The number of hydrogen-bond acceptors (Lipinski definition) is 5. The van der Waals surface area contributed by atoms with Crippen LogP contribution >= 0.6 is 15.9 Å². The molecule has 3 aromatic rings. The first-order valence-corrected chi connectivity index (χ1v) is 10.9. The molecular formula is C25H20BrN3O4. The van der Waals surface area contributed by atoms with Crippen molar-refractivity contribution >= 4 is 50.7 Å². The number of Topliss-reactive ketones (excluding diaryl/α,β-unsaturated/α-hetero) is 1. The van der Waals surface area contributed by atoms with Crippen molar-refractivity contribution in [2.75, 3.05) is 10.2 Å². The van der Waals surface area contributed by atoms with E-state index >= 15 is 0 Å². The second kappa shape index (κ2) is 8.99. The number of halogens is 1. The number of benzene rings is 2. The number of nitrogens with zero attached hydrogens (tertiary/aromatic N) is 2. The molecule has 0 aliphatic carbocycles. The molecule has 1 aromatic heterocycles. The summed E-state index contributed by atoms with van der Waals surface area (Å²) in [6.07, 6.45) is 1.57. The lowest BCUT2D eigenvalue weighted by molar-refractivity contribution is -0.132. The summed E-state index contributed by atoms with van der Waals surface area (Å²) in [5.41, 5.74) is 2.70. The van der Waals surface area contributed by atoms with Crippen LogP contribution < -0.4 is 10.2 Å². The molecule has 1 atom stereocenters. The van der Waals surface area contributed by atoms with Crippen molar-refractivity contribution in [2.45, 2.75) is 19.9 Å². The normalized spacial score (nSPS) is 17.3. The highest BCUT2D eigenvalue weighted by atomic mass is 79.9. The molecule has 4 rings (SSSR count). The molecule has 2 N–H and O–H groups in total. The molecule has 1 aliphatic rings. The molecule has 0 radical (unpaired) electrons.